The minimum Gasteiger partial charge on any atom is -0.323 e. The van der Waals surface area contributed by atoms with Gasteiger partial charge in [-0.1, -0.05) is 28.1 Å². The van der Waals surface area contributed by atoms with Crippen molar-refractivity contribution in [2.75, 3.05) is 5.32 Å². The number of halogens is 1. The Balaban J connectivity index is 1.66. The standard InChI is InChI=1S/C15H16BrN3O/c16-13-7-5-12(6-8-13)3-1-2-4-15(20)19-14-9-17-11-18-10-14/h5-11H,1-4H2,(H,19,20). The van der Waals surface area contributed by atoms with Gasteiger partial charge in [0.1, 0.15) is 6.33 Å². The molecule has 0 saturated heterocycles. The largest absolute Gasteiger partial charge is 0.323 e. The van der Waals surface area contributed by atoms with E-state index < -0.39 is 0 Å². The van der Waals surface area contributed by atoms with E-state index in [0.717, 1.165) is 23.7 Å². The number of aromatic nitrogens is 2. The molecule has 0 fully saturated rings. The molecule has 20 heavy (non-hydrogen) atoms. The molecule has 104 valence electrons. The van der Waals surface area contributed by atoms with Gasteiger partial charge in [0.15, 0.2) is 0 Å². The van der Waals surface area contributed by atoms with Gasteiger partial charge in [0.05, 0.1) is 18.1 Å². The van der Waals surface area contributed by atoms with E-state index in [1.54, 1.807) is 12.4 Å². The molecule has 0 aliphatic rings. The lowest BCUT2D eigenvalue weighted by Crippen LogP contribution is -2.11. The maximum Gasteiger partial charge on any atom is 0.224 e. The Morgan fingerprint density at radius 1 is 1.10 bits per heavy atom. The van der Waals surface area contributed by atoms with E-state index in [-0.39, 0.29) is 5.91 Å². The minimum atomic E-state index is 0.00982. The van der Waals surface area contributed by atoms with Crippen LogP contribution in [0.2, 0.25) is 0 Å². The summed E-state index contributed by atoms with van der Waals surface area (Å²) < 4.78 is 1.09. The molecule has 1 heterocycles. The first-order chi connectivity index (χ1) is 9.74. The van der Waals surface area contributed by atoms with Crippen LogP contribution in [0, 0.1) is 0 Å². The quantitative estimate of drug-likeness (QED) is 0.822. The molecule has 0 aliphatic heterocycles. The monoisotopic (exact) mass is 333 g/mol. The Morgan fingerprint density at radius 3 is 2.50 bits per heavy atom. The molecule has 1 amide bonds. The Labute approximate surface area is 126 Å². The normalized spacial score (nSPS) is 10.2. The highest BCUT2D eigenvalue weighted by Gasteiger charge is 2.02. The van der Waals surface area contributed by atoms with Gasteiger partial charge in [0.25, 0.3) is 0 Å². The van der Waals surface area contributed by atoms with Crippen molar-refractivity contribution >= 4 is 27.5 Å². The number of amides is 1. The summed E-state index contributed by atoms with van der Waals surface area (Å²) in [5.41, 5.74) is 1.94. The van der Waals surface area contributed by atoms with Gasteiger partial charge in [-0.15, -0.1) is 0 Å². The molecule has 0 aliphatic carbocycles. The Kier molecular flexibility index (Phi) is 5.68. The lowest BCUT2D eigenvalue weighted by Gasteiger charge is -2.04. The van der Waals surface area contributed by atoms with E-state index in [1.807, 2.05) is 12.1 Å². The fraction of sp³-hybridized carbons (Fsp3) is 0.267. The number of hydrogen-bond acceptors (Lipinski definition) is 3. The van der Waals surface area contributed by atoms with E-state index in [2.05, 4.69) is 43.3 Å². The number of unbranched alkanes of at least 4 members (excludes halogenated alkanes) is 1. The third-order valence-corrected chi connectivity index (χ3v) is 3.41. The van der Waals surface area contributed by atoms with Crippen LogP contribution in [0.25, 0.3) is 0 Å². The second-order valence-electron chi connectivity index (χ2n) is 4.51. The van der Waals surface area contributed by atoms with Crippen LogP contribution in [0.4, 0.5) is 5.69 Å². The van der Waals surface area contributed by atoms with Gasteiger partial charge in [-0.25, -0.2) is 9.97 Å². The number of anilines is 1. The fourth-order valence-corrected chi connectivity index (χ4v) is 2.12. The summed E-state index contributed by atoms with van der Waals surface area (Å²) in [5.74, 6) is 0.00982. The number of hydrogen-bond donors (Lipinski definition) is 1. The molecule has 1 aromatic heterocycles. The van der Waals surface area contributed by atoms with Crippen molar-refractivity contribution in [3.05, 3.63) is 53.0 Å². The topological polar surface area (TPSA) is 54.9 Å². The van der Waals surface area contributed by atoms with Crippen LogP contribution in [0.15, 0.2) is 47.5 Å². The first-order valence-corrected chi connectivity index (χ1v) is 7.32. The van der Waals surface area contributed by atoms with Crippen LogP contribution < -0.4 is 5.32 Å². The van der Waals surface area contributed by atoms with Crippen molar-refractivity contribution in [1.29, 1.82) is 0 Å². The average Bonchev–Trinajstić information content (AvgIpc) is 2.46. The highest BCUT2D eigenvalue weighted by Crippen LogP contribution is 2.13. The number of aryl methyl sites for hydroxylation is 1. The van der Waals surface area contributed by atoms with Crippen molar-refractivity contribution in [2.45, 2.75) is 25.7 Å². The van der Waals surface area contributed by atoms with Crippen molar-refractivity contribution in [1.82, 2.24) is 9.97 Å². The van der Waals surface area contributed by atoms with Crippen LogP contribution >= 0.6 is 15.9 Å². The zero-order valence-corrected chi connectivity index (χ0v) is 12.6. The Morgan fingerprint density at radius 2 is 1.80 bits per heavy atom. The van der Waals surface area contributed by atoms with E-state index in [9.17, 15) is 4.79 Å². The zero-order valence-electron chi connectivity index (χ0n) is 11.1. The molecular weight excluding hydrogens is 318 g/mol. The molecular formula is C15H16BrN3O. The SMILES string of the molecule is O=C(CCCCc1ccc(Br)cc1)Nc1cncnc1. The van der Waals surface area contributed by atoms with E-state index in [4.69, 9.17) is 0 Å². The molecule has 4 nitrogen and oxygen atoms in total. The first kappa shape index (κ1) is 14.7. The number of carbonyl (C=O) groups excluding carboxylic acids is 1. The number of nitrogens with one attached hydrogen (secondary N) is 1. The fourth-order valence-electron chi connectivity index (χ4n) is 1.85. The highest BCUT2D eigenvalue weighted by molar-refractivity contribution is 9.10. The van der Waals surface area contributed by atoms with Crippen LogP contribution in [0.1, 0.15) is 24.8 Å². The van der Waals surface area contributed by atoms with E-state index >= 15 is 0 Å². The third kappa shape index (κ3) is 5.09. The summed E-state index contributed by atoms with van der Waals surface area (Å²) in [5, 5.41) is 2.78. The summed E-state index contributed by atoms with van der Waals surface area (Å²) in [6.07, 6.45) is 8.00. The molecule has 1 N–H and O–H groups in total. The van der Waals surface area contributed by atoms with Gasteiger partial charge >= 0.3 is 0 Å². The van der Waals surface area contributed by atoms with Crippen molar-refractivity contribution < 1.29 is 4.79 Å². The molecule has 2 aromatic rings. The van der Waals surface area contributed by atoms with E-state index in [0.29, 0.717) is 12.1 Å². The van der Waals surface area contributed by atoms with Crippen molar-refractivity contribution in [3.8, 4) is 0 Å². The maximum atomic E-state index is 11.7. The first-order valence-electron chi connectivity index (χ1n) is 6.53. The predicted octanol–water partition coefficient (Wildman–Crippen LogP) is 3.59. The zero-order chi connectivity index (χ0) is 14.2. The van der Waals surface area contributed by atoms with Crippen LogP contribution in [-0.2, 0) is 11.2 Å². The molecule has 0 bridgehead atoms. The molecule has 0 saturated carbocycles. The van der Waals surface area contributed by atoms with Gasteiger partial charge < -0.3 is 5.32 Å². The van der Waals surface area contributed by atoms with Crippen molar-refractivity contribution in [2.24, 2.45) is 0 Å². The van der Waals surface area contributed by atoms with Crippen LogP contribution in [0.3, 0.4) is 0 Å². The molecule has 1 aromatic carbocycles. The number of rotatable bonds is 6. The minimum absolute atomic E-state index is 0.00982. The summed E-state index contributed by atoms with van der Waals surface area (Å²) in [7, 11) is 0. The number of benzene rings is 1. The third-order valence-electron chi connectivity index (χ3n) is 2.88. The molecule has 2 rings (SSSR count). The number of nitrogens with zero attached hydrogens (tertiary/aromatic N) is 2. The Hall–Kier alpha value is -1.75. The lowest BCUT2D eigenvalue weighted by molar-refractivity contribution is -0.116. The van der Waals surface area contributed by atoms with E-state index in [1.165, 1.54) is 11.9 Å². The molecule has 5 heteroatoms. The molecule has 0 atom stereocenters. The smallest absolute Gasteiger partial charge is 0.224 e. The summed E-state index contributed by atoms with van der Waals surface area (Å²) in [6.45, 7) is 0. The maximum absolute atomic E-state index is 11.7. The van der Waals surface area contributed by atoms with Gasteiger partial charge in [-0.05, 0) is 37.0 Å². The van der Waals surface area contributed by atoms with Gasteiger partial charge in [-0.2, -0.15) is 0 Å². The van der Waals surface area contributed by atoms with Crippen LogP contribution in [0.5, 0.6) is 0 Å². The summed E-state index contributed by atoms with van der Waals surface area (Å²) >= 11 is 3.41. The highest BCUT2D eigenvalue weighted by atomic mass is 79.9. The van der Waals surface area contributed by atoms with Gasteiger partial charge in [0.2, 0.25) is 5.91 Å². The lowest BCUT2D eigenvalue weighted by atomic mass is 10.1. The molecule has 0 spiro atoms. The average molecular weight is 334 g/mol. The Bertz CT molecular complexity index is 543. The molecule has 0 unspecified atom stereocenters. The molecule has 0 radical (unpaired) electrons. The van der Waals surface area contributed by atoms with Crippen LogP contribution in [-0.4, -0.2) is 15.9 Å². The van der Waals surface area contributed by atoms with Gasteiger partial charge in [-0.3, -0.25) is 4.79 Å². The summed E-state index contributed by atoms with van der Waals surface area (Å²) in [4.78, 5) is 19.4. The number of carbonyl (C=O) groups is 1. The van der Waals surface area contributed by atoms with Gasteiger partial charge in [0, 0.05) is 10.9 Å². The second-order valence-corrected chi connectivity index (χ2v) is 5.42. The predicted molar refractivity (Wildman–Crippen MR) is 82.4 cm³/mol. The summed E-state index contributed by atoms with van der Waals surface area (Å²) in [6, 6.07) is 8.28. The second kappa shape index (κ2) is 7.75. The van der Waals surface area contributed by atoms with Crippen molar-refractivity contribution in [3.63, 3.8) is 0 Å².